The van der Waals surface area contributed by atoms with Crippen LogP contribution in [0.2, 0.25) is 0 Å². The molecule has 3 N–H and O–H groups in total. The van der Waals surface area contributed by atoms with Gasteiger partial charge in [0.15, 0.2) is 11.5 Å². The van der Waals surface area contributed by atoms with Gasteiger partial charge in [0.2, 0.25) is 6.79 Å². The number of amides is 1. The number of nitriles is 1. The summed E-state index contributed by atoms with van der Waals surface area (Å²) in [5, 5.41) is 14.9. The standard InChI is InChI=1S/C19H15N5O3/c20-7-13(9-21-14-2-3-15-16(6-14)24-10-23-15)19(25)22-8-12-1-4-17-18(5-12)27-11-26-17/h1-6,9-10,21H,8,11H2,(H,22,25)(H,23,24)/b13-9-. The molecule has 0 spiro atoms. The van der Waals surface area contributed by atoms with Crippen molar-refractivity contribution in [2.75, 3.05) is 12.1 Å². The summed E-state index contributed by atoms with van der Waals surface area (Å²) < 4.78 is 10.6. The number of H-pyrrole nitrogens is 1. The Morgan fingerprint density at radius 1 is 1.26 bits per heavy atom. The maximum atomic E-state index is 12.3. The van der Waals surface area contributed by atoms with E-state index in [-0.39, 0.29) is 18.9 Å². The van der Waals surface area contributed by atoms with Gasteiger partial charge in [-0.05, 0) is 35.9 Å². The molecule has 0 saturated carbocycles. The Bertz CT molecular complexity index is 1080. The van der Waals surface area contributed by atoms with Crippen LogP contribution in [0.5, 0.6) is 11.5 Å². The molecule has 0 bridgehead atoms. The van der Waals surface area contributed by atoms with E-state index in [4.69, 9.17) is 9.47 Å². The fourth-order valence-electron chi connectivity index (χ4n) is 2.66. The van der Waals surface area contributed by atoms with Gasteiger partial charge in [-0.15, -0.1) is 0 Å². The van der Waals surface area contributed by atoms with Crippen LogP contribution in [0.15, 0.2) is 54.5 Å². The SMILES string of the molecule is N#C/C(=C/Nc1ccc2nc[nH]c2c1)C(=O)NCc1ccc2c(c1)OCO2. The monoisotopic (exact) mass is 361 g/mol. The second kappa shape index (κ2) is 7.09. The molecule has 134 valence electrons. The molecule has 1 aliphatic heterocycles. The van der Waals surface area contributed by atoms with Crippen LogP contribution in [0.4, 0.5) is 5.69 Å². The third-order valence-corrected chi connectivity index (χ3v) is 4.06. The fraction of sp³-hybridized carbons (Fsp3) is 0.105. The zero-order chi connectivity index (χ0) is 18.6. The van der Waals surface area contributed by atoms with E-state index in [1.165, 1.54) is 6.20 Å². The summed E-state index contributed by atoms with van der Waals surface area (Å²) in [7, 11) is 0. The van der Waals surface area contributed by atoms with E-state index in [0.717, 1.165) is 22.3 Å². The molecule has 27 heavy (non-hydrogen) atoms. The highest BCUT2D eigenvalue weighted by atomic mass is 16.7. The summed E-state index contributed by atoms with van der Waals surface area (Å²) in [6, 6.07) is 12.8. The van der Waals surface area contributed by atoms with Crippen molar-refractivity contribution >= 4 is 22.6 Å². The van der Waals surface area contributed by atoms with Crippen molar-refractivity contribution in [1.82, 2.24) is 15.3 Å². The molecule has 1 aliphatic rings. The summed E-state index contributed by atoms with van der Waals surface area (Å²) in [5.41, 5.74) is 3.26. The zero-order valence-electron chi connectivity index (χ0n) is 14.2. The molecule has 0 fully saturated rings. The van der Waals surface area contributed by atoms with Crippen LogP contribution < -0.4 is 20.1 Å². The lowest BCUT2D eigenvalue weighted by atomic mass is 10.2. The van der Waals surface area contributed by atoms with Gasteiger partial charge < -0.3 is 25.1 Å². The van der Waals surface area contributed by atoms with Crippen LogP contribution in [0.3, 0.4) is 0 Å². The molecule has 0 unspecified atom stereocenters. The number of imidazole rings is 1. The molecule has 4 rings (SSSR count). The van der Waals surface area contributed by atoms with E-state index in [9.17, 15) is 10.1 Å². The minimum atomic E-state index is -0.467. The number of nitrogens with zero attached hydrogens (tertiary/aromatic N) is 2. The molecule has 8 heteroatoms. The Morgan fingerprint density at radius 2 is 2.15 bits per heavy atom. The van der Waals surface area contributed by atoms with Crippen molar-refractivity contribution in [1.29, 1.82) is 5.26 Å². The summed E-state index contributed by atoms with van der Waals surface area (Å²) in [5.74, 6) is 0.861. The van der Waals surface area contributed by atoms with Gasteiger partial charge in [-0.1, -0.05) is 6.07 Å². The first-order valence-electron chi connectivity index (χ1n) is 8.19. The minimum Gasteiger partial charge on any atom is -0.454 e. The first-order chi connectivity index (χ1) is 13.2. The average molecular weight is 361 g/mol. The summed E-state index contributed by atoms with van der Waals surface area (Å²) in [4.78, 5) is 19.4. The number of aromatic nitrogens is 2. The first-order valence-corrected chi connectivity index (χ1v) is 8.19. The molecule has 0 aliphatic carbocycles. The molecule has 1 amide bonds. The number of hydrogen-bond acceptors (Lipinski definition) is 6. The van der Waals surface area contributed by atoms with Crippen molar-refractivity contribution in [3.05, 3.63) is 60.1 Å². The predicted molar refractivity (Wildman–Crippen MR) is 97.8 cm³/mol. The summed E-state index contributed by atoms with van der Waals surface area (Å²) in [6.45, 7) is 0.469. The lowest BCUT2D eigenvalue weighted by Gasteiger charge is -2.06. The molecule has 2 aromatic carbocycles. The largest absolute Gasteiger partial charge is 0.454 e. The number of benzene rings is 2. The van der Waals surface area contributed by atoms with Crippen LogP contribution in [0.25, 0.3) is 11.0 Å². The van der Waals surface area contributed by atoms with E-state index in [1.54, 1.807) is 18.5 Å². The van der Waals surface area contributed by atoms with Crippen LogP contribution in [-0.4, -0.2) is 22.7 Å². The summed E-state index contributed by atoms with van der Waals surface area (Å²) >= 11 is 0. The molecule has 0 atom stereocenters. The zero-order valence-corrected chi connectivity index (χ0v) is 14.2. The number of aromatic amines is 1. The number of carbonyl (C=O) groups is 1. The molecule has 2 heterocycles. The number of anilines is 1. The quantitative estimate of drug-likeness (QED) is 0.475. The minimum absolute atomic E-state index is 0.0274. The number of nitrogens with one attached hydrogen (secondary N) is 3. The van der Waals surface area contributed by atoms with Crippen molar-refractivity contribution in [2.45, 2.75) is 6.54 Å². The lowest BCUT2D eigenvalue weighted by Crippen LogP contribution is -2.24. The third-order valence-electron chi connectivity index (χ3n) is 4.06. The van der Waals surface area contributed by atoms with Gasteiger partial charge in [0.1, 0.15) is 11.6 Å². The highest BCUT2D eigenvalue weighted by molar-refractivity contribution is 5.97. The van der Waals surface area contributed by atoms with Gasteiger partial charge in [-0.25, -0.2) is 4.98 Å². The molecule has 0 saturated heterocycles. The Morgan fingerprint density at radius 3 is 3.04 bits per heavy atom. The second-order valence-corrected chi connectivity index (χ2v) is 5.82. The van der Waals surface area contributed by atoms with E-state index in [0.29, 0.717) is 11.5 Å². The van der Waals surface area contributed by atoms with Crippen LogP contribution in [0, 0.1) is 11.3 Å². The van der Waals surface area contributed by atoms with Crippen LogP contribution >= 0.6 is 0 Å². The van der Waals surface area contributed by atoms with Crippen LogP contribution in [-0.2, 0) is 11.3 Å². The van der Waals surface area contributed by atoms with Crippen molar-refractivity contribution in [3.63, 3.8) is 0 Å². The number of hydrogen-bond donors (Lipinski definition) is 3. The summed E-state index contributed by atoms with van der Waals surface area (Å²) in [6.07, 6.45) is 2.99. The number of carbonyl (C=O) groups excluding carboxylic acids is 1. The highest BCUT2D eigenvalue weighted by Crippen LogP contribution is 2.32. The van der Waals surface area contributed by atoms with Gasteiger partial charge in [-0.2, -0.15) is 5.26 Å². The van der Waals surface area contributed by atoms with Gasteiger partial charge >= 0.3 is 0 Å². The maximum absolute atomic E-state index is 12.3. The normalized spacial score (nSPS) is 12.6. The molecule has 1 aromatic heterocycles. The first kappa shape index (κ1) is 16.5. The molecule has 8 nitrogen and oxygen atoms in total. The maximum Gasteiger partial charge on any atom is 0.263 e. The Balaban J connectivity index is 1.40. The van der Waals surface area contributed by atoms with Crippen LogP contribution in [0.1, 0.15) is 5.56 Å². The lowest BCUT2D eigenvalue weighted by molar-refractivity contribution is -0.117. The predicted octanol–water partition coefficient (Wildman–Crippen LogP) is 2.43. The second-order valence-electron chi connectivity index (χ2n) is 5.82. The third kappa shape index (κ3) is 3.52. The number of ether oxygens (including phenoxy) is 2. The molecular formula is C19H15N5O3. The van der Waals surface area contributed by atoms with E-state index in [1.807, 2.05) is 30.3 Å². The fourth-order valence-corrected chi connectivity index (χ4v) is 2.66. The van der Waals surface area contributed by atoms with E-state index < -0.39 is 5.91 Å². The Kier molecular flexibility index (Phi) is 4.33. The number of fused-ring (bicyclic) bond motifs is 2. The van der Waals surface area contributed by atoms with Gasteiger partial charge in [-0.3, -0.25) is 4.79 Å². The molecule has 0 radical (unpaired) electrons. The van der Waals surface area contributed by atoms with Gasteiger partial charge in [0, 0.05) is 18.4 Å². The molecular weight excluding hydrogens is 346 g/mol. The highest BCUT2D eigenvalue weighted by Gasteiger charge is 2.14. The average Bonchev–Trinajstić information content (AvgIpc) is 3.34. The van der Waals surface area contributed by atoms with Crippen molar-refractivity contribution in [3.8, 4) is 17.6 Å². The van der Waals surface area contributed by atoms with E-state index in [2.05, 4.69) is 20.6 Å². The van der Waals surface area contributed by atoms with Crippen molar-refractivity contribution in [2.24, 2.45) is 0 Å². The number of rotatable bonds is 5. The van der Waals surface area contributed by atoms with Crippen molar-refractivity contribution < 1.29 is 14.3 Å². The Labute approximate surface area is 154 Å². The smallest absolute Gasteiger partial charge is 0.263 e. The van der Waals surface area contributed by atoms with E-state index >= 15 is 0 Å². The van der Waals surface area contributed by atoms with Gasteiger partial charge in [0.25, 0.3) is 5.91 Å². The van der Waals surface area contributed by atoms with Gasteiger partial charge in [0.05, 0.1) is 17.4 Å². The Hall–Kier alpha value is -3.99. The topological polar surface area (TPSA) is 112 Å². The molecule has 3 aromatic rings.